The number of nitro benzene ring substituents is 1. The molecule has 0 amide bonds. The van der Waals surface area contributed by atoms with E-state index in [0.29, 0.717) is 9.13 Å². The molecule has 7 nitrogen and oxygen atoms in total. The number of benzene rings is 2. The molecule has 3 rings (SSSR count). The fraction of sp³-hybridized carbons (Fsp3) is 0.167. The highest BCUT2D eigenvalue weighted by atomic mass is 127. The van der Waals surface area contributed by atoms with Gasteiger partial charge in [-0.1, -0.05) is 48.6 Å². The van der Waals surface area contributed by atoms with Crippen molar-refractivity contribution in [2.75, 3.05) is 0 Å². The zero-order valence-corrected chi connectivity index (χ0v) is 19.8. The van der Waals surface area contributed by atoms with Crippen molar-refractivity contribution in [2.24, 2.45) is 0 Å². The Bertz CT molecular complexity index is 1260. The van der Waals surface area contributed by atoms with Crippen LogP contribution < -0.4 is 5.63 Å². The second kappa shape index (κ2) is 9.47. The number of nitrogens with zero attached hydrogens (tertiary/aromatic N) is 1. The normalized spacial score (nSPS) is 11.5. The maximum Gasteiger partial charge on any atom is 0.375 e. The summed E-state index contributed by atoms with van der Waals surface area (Å²) in [5, 5.41) is 11.8. The van der Waals surface area contributed by atoms with E-state index in [1.54, 1.807) is 45.1 Å². The number of rotatable bonds is 5. The molecule has 0 saturated carbocycles. The lowest BCUT2D eigenvalue weighted by atomic mass is 9.96. The zero-order chi connectivity index (χ0) is 23.5. The van der Waals surface area contributed by atoms with Gasteiger partial charge < -0.3 is 9.15 Å². The first kappa shape index (κ1) is 23.4. The molecule has 0 aliphatic heterocycles. The highest BCUT2D eigenvalue weighted by molar-refractivity contribution is 14.1. The van der Waals surface area contributed by atoms with Gasteiger partial charge in [0.1, 0.15) is 5.60 Å². The van der Waals surface area contributed by atoms with Gasteiger partial charge in [0.15, 0.2) is 0 Å². The summed E-state index contributed by atoms with van der Waals surface area (Å²) in [5.41, 5.74) is -0.390. The van der Waals surface area contributed by atoms with Gasteiger partial charge in [0, 0.05) is 21.3 Å². The van der Waals surface area contributed by atoms with Crippen molar-refractivity contribution in [3.05, 3.63) is 95.6 Å². The van der Waals surface area contributed by atoms with E-state index in [9.17, 15) is 19.7 Å². The van der Waals surface area contributed by atoms with Gasteiger partial charge in [-0.2, -0.15) is 0 Å². The Morgan fingerprint density at radius 2 is 1.75 bits per heavy atom. The maximum absolute atomic E-state index is 13.0. The molecule has 0 unspecified atom stereocenters. The number of carbonyl (C=O) groups excluding carboxylic acids is 1. The quantitative estimate of drug-likeness (QED) is 0.170. The molecular formula is C24H20INO6. The van der Waals surface area contributed by atoms with E-state index in [4.69, 9.17) is 9.15 Å². The van der Waals surface area contributed by atoms with Gasteiger partial charge in [-0.25, -0.2) is 9.59 Å². The van der Waals surface area contributed by atoms with E-state index < -0.39 is 22.1 Å². The summed E-state index contributed by atoms with van der Waals surface area (Å²) in [4.78, 5) is 36.6. The highest BCUT2D eigenvalue weighted by Gasteiger charge is 2.30. The van der Waals surface area contributed by atoms with E-state index >= 15 is 0 Å². The average Bonchev–Trinajstić information content (AvgIpc) is 2.71. The number of esters is 1. The van der Waals surface area contributed by atoms with Gasteiger partial charge in [0.2, 0.25) is 5.76 Å². The second-order valence-electron chi connectivity index (χ2n) is 7.86. The third-order valence-corrected chi connectivity index (χ3v) is 5.17. The van der Waals surface area contributed by atoms with Crippen LogP contribution in [0.4, 0.5) is 5.69 Å². The molecule has 0 bridgehead atoms. The lowest BCUT2D eigenvalue weighted by molar-refractivity contribution is -0.384. The predicted octanol–water partition coefficient (Wildman–Crippen LogP) is 5.95. The fourth-order valence-corrected chi connectivity index (χ4v) is 3.78. The molecule has 2 aromatic carbocycles. The van der Waals surface area contributed by atoms with Crippen LogP contribution in [0.5, 0.6) is 0 Å². The first-order valence-corrected chi connectivity index (χ1v) is 10.7. The van der Waals surface area contributed by atoms with Gasteiger partial charge >= 0.3 is 11.6 Å². The molecule has 0 saturated heterocycles. The van der Waals surface area contributed by atoms with Crippen LogP contribution in [0.2, 0.25) is 0 Å². The number of nitro groups is 1. The van der Waals surface area contributed by atoms with Crippen LogP contribution in [0.1, 0.15) is 42.5 Å². The smallest absolute Gasteiger partial charge is 0.375 e. The Hall–Kier alpha value is -3.27. The van der Waals surface area contributed by atoms with Gasteiger partial charge in [-0.3, -0.25) is 10.1 Å². The number of hydrogen-bond donors (Lipinski definition) is 0. The van der Waals surface area contributed by atoms with Crippen molar-refractivity contribution in [3.63, 3.8) is 0 Å². The summed E-state index contributed by atoms with van der Waals surface area (Å²) >= 11 is 1.96. The van der Waals surface area contributed by atoms with Crippen molar-refractivity contribution >= 4 is 46.4 Å². The summed E-state index contributed by atoms with van der Waals surface area (Å²) < 4.78 is 11.2. The Labute approximate surface area is 198 Å². The van der Waals surface area contributed by atoms with Crippen LogP contribution in [0, 0.1) is 13.7 Å². The fourth-order valence-electron chi connectivity index (χ4n) is 3.03. The zero-order valence-electron chi connectivity index (χ0n) is 17.6. The van der Waals surface area contributed by atoms with Crippen LogP contribution in [0.25, 0.3) is 23.3 Å². The van der Waals surface area contributed by atoms with Crippen molar-refractivity contribution in [3.8, 4) is 11.1 Å². The van der Waals surface area contributed by atoms with Gasteiger partial charge in [0.05, 0.1) is 10.5 Å². The molecule has 0 radical (unpaired) electrons. The average molecular weight is 545 g/mol. The van der Waals surface area contributed by atoms with Crippen molar-refractivity contribution in [1.82, 2.24) is 0 Å². The maximum atomic E-state index is 13.0. The first-order valence-electron chi connectivity index (χ1n) is 9.65. The molecule has 0 fully saturated rings. The van der Waals surface area contributed by atoms with Gasteiger partial charge in [0.25, 0.3) is 5.69 Å². The highest BCUT2D eigenvalue weighted by Crippen LogP contribution is 2.39. The Kier molecular flexibility index (Phi) is 6.93. The molecule has 0 aliphatic carbocycles. The molecule has 164 valence electrons. The molecular weight excluding hydrogens is 525 g/mol. The SMILES string of the molecule is CC(C)(C)OC(=O)c1oc(=O)cc(/C=C/c2ccccc2)c1-c1c(I)cccc1[N+](=O)[O-]. The number of carbonyl (C=O) groups is 1. The van der Waals surface area contributed by atoms with Crippen LogP contribution in [0.3, 0.4) is 0 Å². The standard InChI is InChI=1S/C24H20INO6/c1-24(2,3)32-23(28)22-20(21-17(25)10-7-11-18(21)26(29)30)16(14-19(27)31-22)13-12-15-8-5-4-6-9-15/h4-14H,1-3H3/b13-12+. The van der Waals surface area contributed by atoms with Gasteiger partial charge in [-0.05, 0) is 60.6 Å². The Balaban J connectivity index is 2.34. The van der Waals surface area contributed by atoms with Crippen LogP contribution in [-0.2, 0) is 4.74 Å². The summed E-state index contributed by atoms with van der Waals surface area (Å²) in [6.07, 6.45) is 3.38. The van der Waals surface area contributed by atoms with E-state index in [2.05, 4.69) is 0 Å². The summed E-state index contributed by atoms with van der Waals surface area (Å²) in [6.45, 7) is 5.03. The molecule has 0 aliphatic rings. The Morgan fingerprint density at radius 1 is 1.06 bits per heavy atom. The van der Waals surface area contributed by atoms with Crippen molar-refractivity contribution in [1.29, 1.82) is 0 Å². The third-order valence-electron chi connectivity index (χ3n) is 4.27. The molecule has 0 atom stereocenters. The van der Waals surface area contributed by atoms with E-state index in [1.807, 2.05) is 52.9 Å². The predicted molar refractivity (Wildman–Crippen MR) is 130 cm³/mol. The van der Waals surface area contributed by atoms with Gasteiger partial charge in [-0.15, -0.1) is 0 Å². The topological polar surface area (TPSA) is 99.7 Å². The molecule has 32 heavy (non-hydrogen) atoms. The number of halogens is 1. The minimum absolute atomic E-state index is 0.128. The largest absolute Gasteiger partial charge is 0.454 e. The lowest BCUT2D eigenvalue weighted by Gasteiger charge is -2.20. The number of hydrogen-bond acceptors (Lipinski definition) is 6. The lowest BCUT2D eigenvalue weighted by Crippen LogP contribution is -2.25. The van der Waals surface area contributed by atoms with E-state index in [0.717, 1.165) is 5.56 Å². The molecule has 8 heteroatoms. The monoisotopic (exact) mass is 545 g/mol. The van der Waals surface area contributed by atoms with Crippen LogP contribution in [0.15, 0.2) is 63.8 Å². The van der Waals surface area contributed by atoms with Crippen LogP contribution >= 0.6 is 22.6 Å². The van der Waals surface area contributed by atoms with E-state index in [-0.39, 0.29) is 22.6 Å². The molecule has 1 heterocycles. The minimum Gasteiger partial charge on any atom is -0.454 e. The van der Waals surface area contributed by atoms with Crippen LogP contribution in [-0.4, -0.2) is 16.5 Å². The first-order chi connectivity index (χ1) is 15.1. The second-order valence-corrected chi connectivity index (χ2v) is 9.02. The molecule has 0 spiro atoms. The molecule has 1 aromatic heterocycles. The molecule has 0 N–H and O–H groups in total. The minimum atomic E-state index is -0.881. The van der Waals surface area contributed by atoms with E-state index in [1.165, 1.54) is 12.1 Å². The summed E-state index contributed by atoms with van der Waals surface area (Å²) in [6, 6.07) is 15.1. The third kappa shape index (κ3) is 5.50. The van der Waals surface area contributed by atoms with Crippen molar-refractivity contribution in [2.45, 2.75) is 26.4 Å². The van der Waals surface area contributed by atoms with Crippen molar-refractivity contribution < 1.29 is 18.9 Å². The summed E-state index contributed by atoms with van der Waals surface area (Å²) in [5.74, 6) is -1.26. The molecule has 3 aromatic rings. The summed E-state index contributed by atoms with van der Waals surface area (Å²) in [7, 11) is 0. The Morgan fingerprint density at radius 3 is 2.38 bits per heavy atom. The number of ether oxygens (including phenoxy) is 1.